The molecule has 0 atom stereocenters. The third-order valence-electron chi connectivity index (χ3n) is 2.30. The van der Waals surface area contributed by atoms with Crippen LogP contribution in [-0.2, 0) is 4.79 Å². The summed E-state index contributed by atoms with van der Waals surface area (Å²) >= 11 is 5.95. The zero-order chi connectivity index (χ0) is 12.5. The molecule has 1 rings (SSSR count). The topological polar surface area (TPSA) is 63.6 Å². The molecular formula is C11H11ClO4. The average Bonchev–Trinajstić information content (AvgIpc) is 2.23. The first-order valence-corrected chi connectivity index (χ1v) is 4.89. The number of halogens is 1. The van der Waals surface area contributed by atoms with Crippen LogP contribution in [0.15, 0.2) is 6.07 Å². The number of aryl methyl sites for hydroxylation is 1. The van der Waals surface area contributed by atoms with Crippen molar-refractivity contribution in [2.45, 2.75) is 13.8 Å². The van der Waals surface area contributed by atoms with Gasteiger partial charge in [0.05, 0.1) is 12.1 Å². The predicted molar refractivity (Wildman–Crippen MR) is 59.4 cm³/mol. The van der Waals surface area contributed by atoms with E-state index in [4.69, 9.17) is 21.4 Å². The zero-order valence-corrected chi connectivity index (χ0v) is 9.88. The summed E-state index contributed by atoms with van der Waals surface area (Å²) in [6, 6.07) is 1.55. The largest absolute Gasteiger partial charge is 0.495 e. The van der Waals surface area contributed by atoms with Gasteiger partial charge in [-0.2, -0.15) is 0 Å². The van der Waals surface area contributed by atoms with Crippen LogP contribution in [-0.4, -0.2) is 24.0 Å². The van der Waals surface area contributed by atoms with Crippen molar-refractivity contribution in [1.82, 2.24) is 0 Å². The third kappa shape index (κ3) is 2.02. The molecule has 1 N–H and O–H groups in total. The Morgan fingerprint density at radius 1 is 1.38 bits per heavy atom. The Labute approximate surface area is 97.8 Å². The van der Waals surface area contributed by atoms with Crippen molar-refractivity contribution in [1.29, 1.82) is 0 Å². The molecule has 0 bridgehead atoms. The van der Waals surface area contributed by atoms with Crippen LogP contribution >= 0.6 is 11.6 Å². The highest BCUT2D eigenvalue weighted by molar-refractivity contribution is 6.42. The second-order valence-corrected chi connectivity index (χ2v) is 3.72. The van der Waals surface area contributed by atoms with Gasteiger partial charge in [0.1, 0.15) is 5.75 Å². The lowest BCUT2D eigenvalue weighted by molar-refractivity contribution is -0.131. The van der Waals surface area contributed by atoms with E-state index in [1.807, 2.05) is 0 Å². The van der Waals surface area contributed by atoms with Crippen LogP contribution in [0.4, 0.5) is 0 Å². The summed E-state index contributed by atoms with van der Waals surface area (Å²) in [5.74, 6) is -2.02. The molecule has 0 radical (unpaired) electrons. The Morgan fingerprint density at radius 2 is 1.94 bits per heavy atom. The number of methoxy groups -OCH3 is 1. The van der Waals surface area contributed by atoms with Crippen LogP contribution in [0.5, 0.6) is 5.75 Å². The van der Waals surface area contributed by atoms with E-state index in [0.717, 1.165) is 0 Å². The normalized spacial score (nSPS) is 10.0. The lowest BCUT2D eigenvalue weighted by Gasteiger charge is -2.12. The van der Waals surface area contributed by atoms with E-state index in [-0.39, 0.29) is 10.6 Å². The molecule has 0 aromatic heterocycles. The van der Waals surface area contributed by atoms with Gasteiger partial charge in [-0.15, -0.1) is 0 Å². The van der Waals surface area contributed by atoms with Gasteiger partial charge in [-0.05, 0) is 31.0 Å². The maximum Gasteiger partial charge on any atom is 0.377 e. The van der Waals surface area contributed by atoms with Crippen LogP contribution in [0, 0.1) is 13.8 Å². The van der Waals surface area contributed by atoms with Gasteiger partial charge in [0.2, 0.25) is 0 Å². The maximum absolute atomic E-state index is 11.4. The first kappa shape index (κ1) is 12.5. The zero-order valence-electron chi connectivity index (χ0n) is 9.13. The Hall–Kier alpha value is -1.55. The van der Waals surface area contributed by atoms with Crippen molar-refractivity contribution in [2.24, 2.45) is 0 Å². The van der Waals surface area contributed by atoms with Gasteiger partial charge in [0.15, 0.2) is 0 Å². The van der Waals surface area contributed by atoms with Crippen molar-refractivity contribution in [3.8, 4) is 5.75 Å². The van der Waals surface area contributed by atoms with Crippen molar-refractivity contribution in [3.05, 3.63) is 27.8 Å². The lowest BCUT2D eigenvalue weighted by Crippen LogP contribution is -2.16. The summed E-state index contributed by atoms with van der Waals surface area (Å²) in [6.07, 6.45) is 0. The minimum absolute atomic E-state index is 0.123. The van der Waals surface area contributed by atoms with Gasteiger partial charge < -0.3 is 9.84 Å². The Kier molecular flexibility index (Phi) is 3.55. The van der Waals surface area contributed by atoms with Gasteiger partial charge in [0.25, 0.3) is 5.78 Å². The fourth-order valence-corrected chi connectivity index (χ4v) is 1.75. The first-order valence-electron chi connectivity index (χ1n) is 4.51. The number of carboxylic acids is 1. The molecule has 1 aromatic rings. The fraction of sp³-hybridized carbons (Fsp3) is 0.273. The molecule has 4 nitrogen and oxygen atoms in total. The summed E-state index contributed by atoms with van der Waals surface area (Å²) in [5.41, 5.74) is 1.08. The molecule has 5 heteroatoms. The Morgan fingerprint density at radius 3 is 2.38 bits per heavy atom. The number of carboxylic acid groups (broad SMARTS) is 1. The molecule has 0 amide bonds. The molecule has 0 unspecified atom stereocenters. The standard InChI is InChI=1S/C11H11ClO4/c1-5-4-7(16-3)9(12)6(2)8(5)10(13)11(14)15/h4H,1-3H3,(H,14,15). The van der Waals surface area contributed by atoms with Crippen molar-refractivity contribution in [2.75, 3.05) is 7.11 Å². The van der Waals surface area contributed by atoms with E-state index >= 15 is 0 Å². The van der Waals surface area contributed by atoms with Crippen LogP contribution in [0.2, 0.25) is 5.02 Å². The molecule has 0 aliphatic carbocycles. The molecule has 86 valence electrons. The highest BCUT2D eigenvalue weighted by atomic mass is 35.5. The van der Waals surface area contributed by atoms with E-state index in [1.54, 1.807) is 19.9 Å². The van der Waals surface area contributed by atoms with Crippen molar-refractivity contribution < 1.29 is 19.4 Å². The fourth-order valence-electron chi connectivity index (χ4n) is 1.53. The van der Waals surface area contributed by atoms with Gasteiger partial charge in [0, 0.05) is 5.56 Å². The molecule has 0 heterocycles. The highest BCUT2D eigenvalue weighted by Crippen LogP contribution is 2.32. The van der Waals surface area contributed by atoms with E-state index in [2.05, 4.69) is 0 Å². The van der Waals surface area contributed by atoms with Crippen LogP contribution in [0.1, 0.15) is 21.5 Å². The molecule has 0 fully saturated rings. The quantitative estimate of drug-likeness (QED) is 0.652. The summed E-state index contributed by atoms with van der Waals surface area (Å²) < 4.78 is 5.01. The minimum atomic E-state index is -1.49. The molecule has 0 aliphatic heterocycles. The number of aliphatic carboxylic acids is 1. The number of Topliss-reactive ketones (excluding diaryl/α,β-unsaturated/α-hetero) is 1. The molecular weight excluding hydrogens is 232 g/mol. The number of benzene rings is 1. The first-order chi connectivity index (χ1) is 7.40. The molecule has 1 aromatic carbocycles. The van der Waals surface area contributed by atoms with Crippen LogP contribution in [0.25, 0.3) is 0 Å². The second kappa shape index (κ2) is 4.53. The second-order valence-electron chi connectivity index (χ2n) is 3.34. The summed E-state index contributed by atoms with van der Waals surface area (Å²) in [5, 5.41) is 8.94. The van der Waals surface area contributed by atoms with Gasteiger partial charge in [-0.3, -0.25) is 4.79 Å². The maximum atomic E-state index is 11.4. The van der Waals surface area contributed by atoms with Crippen LogP contribution < -0.4 is 4.74 Å². The van der Waals surface area contributed by atoms with Crippen molar-refractivity contribution >= 4 is 23.4 Å². The van der Waals surface area contributed by atoms with Gasteiger partial charge in [-0.25, -0.2) is 4.79 Å². The number of rotatable bonds is 3. The van der Waals surface area contributed by atoms with E-state index in [0.29, 0.717) is 16.9 Å². The third-order valence-corrected chi connectivity index (χ3v) is 2.77. The lowest BCUT2D eigenvalue weighted by atomic mass is 9.98. The van der Waals surface area contributed by atoms with E-state index < -0.39 is 11.8 Å². The number of hydrogen-bond donors (Lipinski definition) is 1. The van der Waals surface area contributed by atoms with E-state index in [9.17, 15) is 9.59 Å². The molecule has 0 spiro atoms. The highest BCUT2D eigenvalue weighted by Gasteiger charge is 2.22. The van der Waals surface area contributed by atoms with Crippen LogP contribution in [0.3, 0.4) is 0 Å². The van der Waals surface area contributed by atoms with E-state index in [1.165, 1.54) is 7.11 Å². The molecule has 0 aliphatic rings. The smallest absolute Gasteiger partial charge is 0.377 e. The van der Waals surface area contributed by atoms with Crippen molar-refractivity contribution in [3.63, 3.8) is 0 Å². The number of ether oxygens (including phenoxy) is 1. The Balaban J connectivity index is 3.48. The number of hydrogen-bond acceptors (Lipinski definition) is 3. The monoisotopic (exact) mass is 242 g/mol. The van der Waals surface area contributed by atoms with Gasteiger partial charge in [-0.1, -0.05) is 11.6 Å². The molecule has 0 saturated heterocycles. The minimum Gasteiger partial charge on any atom is -0.495 e. The summed E-state index contributed by atoms with van der Waals surface area (Å²) in [4.78, 5) is 22.1. The molecule has 16 heavy (non-hydrogen) atoms. The Bertz CT molecular complexity index is 466. The number of carbonyl (C=O) groups is 2. The summed E-state index contributed by atoms with van der Waals surface area (Å²) in [6.45, 7) is 3.23. The van der Waals surface area contributed by atoms with Gasteiger partial charge >= 0.3 is 5.97 Å². The number of ketones is 1. The number of carbonyl (C=O) groups excluding carboxylic acids is 1. The predicted octanol–water partition coefficient (Wildman–Crippen LogP) is 2.23. The SMILES string of the molecule is COc1cc(C)c(C(=O)C(=O)O)c(C)c1Cl. The average molecular weight is 243 g/mol. The summed E-state index contributed by atoms with van der Waals surface area (Å²) in [7, 11) is 1.46. The molecule has 0 saturated carbocycles.